The minimum Gasteiger partial charge on any atom is -0.394 e. The van der Waals surface area contributed by atoms with Crippen LogP contribution in [0.4, 0.5) is 0 Å². The van der Waals surface area contributed by atoms with Crippen molar-refractivity contribution in [2.45, 2.75) is 25.8 Å². The van der Waals surface area contributed by atoms with E-state index >= 15 is 0 Å². The molecule has 0 spiro atoms. The SMILES string of the molecule is CCCOCCCNC(=O)C(N)CO. The van der Waals surface area contributed by atoms with Crippen LogP contribution in [0.3, 0.4) is 0 Å². The molecule has 1 unspecified atom stereocenters. The minimum absolute atomic E-state index is 0.317. The first-order chi connectivity index (χ1) is 6.72. The van der Waals surface area contributed by atoms with Crippen LogP contribution in [0, 0.1) is 0 Å². The van der Waals surface area contributed by atoms with Crippen molar-refractivity contribution in [1.82, 2.24) is 5.32 Å². The first-order valence-corrected chi connectivity index (χ1v) is 4.94. The Morgan fingerprint density at radius 1 is 1.57 bits per heavy atom. The average molecular weight is 204 g/mol. The molecule has 0 aromatic heterocycles. The average Bonchev–Trinajstić information content (AvgIpc) is 2.21. The maximum atomic E-state index is 11.0. The third-order valence-corrected chi connectivity index (χ3v) is 1.65. The molecule has 0 aromatic rings. The van der Waals surface area contributed by atoms with E-state index in [-0.39, 0.29) is 12.5 Å². The van der Waals surface area contributed by atoms with Crippen LogP contribution in [0.1, 0.15) is 19.8 Å². The van der Waals surface area contributed by atoms with Crippen LogP contribution in [-0.4, -0.2) is 43.4 Å². The molecule has 0 heterocycles. The van der Waals surface area contributed by atoms with Crippen molar-refractivity contribution in [1.29, 1.82) is 0 Å². The van der Waals surface area contributed by atoms with Crippen LogP contribution in [0.25, 0.3) is 0 Å². The molecule has 0 aliphatic carbocycles. The number of carbonyl (C=O) groups excluding carboxylic acids is 1. The van der Waals surface area contributed by atoms with E-state index in [2.05, 4.69) is 5.32 Å². The van der Waals surface area contributed by atoms with Gasteiger partial charge in [0.2, 0.25) is 5.91 Å². The van der Waals surface area contributed by atoms with Crippen molar-refractivity contribution < 1.29 is 14.6 Å². The number of hydrogen-bond donors (Lipinski definition) is 3. The molecular formula is C9H20N2O3. The van der Waals surface area contributed by atoms with Crippen LogP contribution in [0.15, 0.2) is 0 Å². The van der Waals surface area contributed by atoms with Gasteiger partial charge in [-0.15, -0.1) is 0 Å². The van der Waals surface area contributed by atoms with Gasteiger partial charge >= 0.3 is 0 Å². The van der Waals surface area contributed by atoms with Gasteiger partial charge < -0.3 is 20.9 Å². The van der Waals surface area contributed by atoms with Gasteiger partial charge in [-0.25, -0.2) is 0 Å². The lowest BCUT2D eigenvalue weighted by molar-refractivity contribution is -0.123. The first-order valence-electron chi connectivity index (χ1n) is 4.94. The summed E-state index contributed by atoms with van der Waals surface area (Å²) in [6.07, 6.45) is 1.77. The lowest BCUT2D eigenvalue weighted by Gasteiger charge is -2.09. The third kappa shape index (κ3) is 6.82. The summed E-state index contributed by atoms with van der Waals surface area (Å²) in [5.41, 5.74) is 5.29. The molecule has 0 aliphatic heterocycles. The van der Waals surface area contributed by atoms with Crippen LogP contribution in [-0.2, 0) is 9.53 Å². The zero-order valence-electron chi connectivity index (χ0n) is 8.66. The smallest absolute Gasteiger partial charge is 0.239 e. The van der Waals surface area contributed by atoms with Gasteiger partial charge in [-0.1, -0.05) is 6.92 Å². The number of hydrogen-bond acceptors (Lipinski definition) is 4. The normalized spacial score (nSPS) is 12.5. The molecule has 0 saturated carbocycles. The highest BCUT2D eigenvalue weighted by atomic mass is 16.5. The Bertz CT molecular complexity index is 153. The van der Waals surface area contributed by atoms with E-state index in [1.807, 2.05) is 6.92 Å². The predicted molar refractivity (Wildman–Crippen MR) is 53.8 cm³/mol. The Morgan fingerprint density at radius 3 is 2.86 bits per heavy atom. The van der Waals surface area contributed by atoms with Gasteiger partial charge in [0.1, 0.15) is 6.04 Å². The number of carbonyl (C=O) groups is 1. The fourth-order valence-corrected chi connectivity index (χ4v) is 0.846. The Hall–Kier alpha value is -0.650. The van der Waals surface area contributed by atoms with E-state index in [4.69, 9.17) is 15.6 Å². The van der Waals surface area contributed by atoms with Gasteiger partial charge in [-0.3, -0.25) is 4.79 Å². The Kier molecular flexibility index (Phi) is 8.51. The van der Waals surface area contributed by atoms with Crippen molar-refractivity contribution in [3.63, 3.8) is 0 Å². The quantitative estimate of drug-likeness (QED) is 0.454. The number of aliphatic hydroxyl groups is 1. The van der Waals surface area contributed by atoms with E-state index in [1.165, 1.54) is 0 Å². The lowest BCUT2D eigenvalue weighted by Crippen LogP contribution is -2.43. The second kappa shape index (κ2) is 8.93. The summed E-state index contributed by atoms with van der Waals surface area (Å²) in [5, 5.41) is 11.2. The molecule has 1 amide bonds. The Labute approximate surface area is 84.6 Å². The molecule has 5 nitrogen and oxygen atoms in total. The van der Waals surface area contributed by atoms with Crippen LogP contribution in [0.2, 0.25) is 0 Å². The van der Waals surface area contributed by atoms with Gasteiger partial charge in [0.05, 0.1) is 6.61 Å². The van der Waals surface area contributed by atoms with Gasteiger partial charge in [0, 0.05) is 19.8 Å². The summed E-state index contributed by atoms with van der Waals surface area (Å²) in [7, 11) is 0. The summed E-state index contributed by atoms with van der Waals surface area (Å²) in [6, 6.07) is -0.813. The molecule has 0 rings (SSSR count). The summed E-state index contributed by atoms with van der Waals surface area (Å²) < 4.78 is 5.22. The molecule has 0 aliphatic rings. The molecule has 0 radical (unpaired) electrons. The number of nitrogens with two attached hydrogens (primary N) is 1. The van der Waals surface area contributed by atoms with Crippen LogP contribution < -0.4 is 11.1 Å². The molecule has 0 fully saturated rings. The molecule has 84 valence electrons. The second-order valence-corrected chi connectivity index (χ2v) is 3.05. The second-order valence-electron chi connectivity index (χ2n) is 3.05. The maximum Gasteiger partial charge on any atom is 0.239 e. The largest absolute Gasteiger partial charge is 0.394 e. The van der Waals surface area contributed by atoms with Crippen molar-refractivity contribution in [2.75, 3.05) is 26.4 Å². The fraction of sp³-hybridized carbons (Fsp3) is 0.889. The standard InChI is InChI=1S/C9H20N2O3/c1-2-5-14-6-3-4-11-9(13)8(10)7-12/h8,12H,2-7,10H2,1H3,(H,11,13). The highest BCUT2D eigenvalue weighted by Crippen LogP contribution is 1.84. The summed E-state index contributed by atoms with van der Waals surface area (Å²) >= 11 is 0. The zero-order valence-corrected chi connectivity index (χ0v) is 8.66. The number of aliphatic hydroxyl groups excluding tert-OH is 1. The summed E-state index contributed by atoms with van der Waals surface area (Å²) in [4.78, 5) is 11.0. The van der Waals surface area contributed by atoms with Crippen molar-refractivity contribution in [3.05, 3.63) is 0 Å². The van der Waals surface area contributed by atoms with Crippen molar-refractivity contribution >= 4 is 5.91 Å². The van der Waals surface area contributed by atoms with Gasteiger partial charge in [0.25, 0.3) is 0 Å². The topological polar surface area (TPSA) is 84.6 Å². The van der Waals surface area contributed by atoms with Crippen LogP contribution in [0.5, 0.6) is 0 Å². The summed E-state index contributed by atoms with van der Waals surface area (Å²) in [5.74, 6) is -0.317. The monoisotopic (exact) mass is 204 g/mol. The Morgan fingerprint density at radius 2 is 2.29 bits per heavy atom. The van der Waals surface area contributed by atoms with Gasteiger partial charge in [0.15, 0.2) is 0 Å². The number of nitrogens with one attached hydrogen (secondary N) is 1. The molecule has 0 bridgehead atoms. The third-order valence-electron chi connectivity index (χ3n) is 1.65. The van der Waals surface area contributed by atoms with E-state index in [9.17, 15) is 4.79 Å². The number of ether oxygens (including phenoxy) is 1. The molecule has 1 atom stereocenters. The van der Waals surface area contributed by atoms with Crippen molar-refractivity contribution in [3.8, 4) is 0 Å². The predicted octanol–water partition coefficient (Wildman–Crippen LogP) is -0.761. The van der Waals surface area contributed by atoms with E-state index in [0.29, 0.717) is 13.2 Å². The highest BCUT2D eigenvalue weighted by molar-refractivity contribution is 5.81. The van der Waals surface area contributed by atoms with Crippen LogP contribution >= 0.6 is 0 Å². The fourth-order valence-electron chi connectivity index (χ4n) is 0.846. The molecule has 0 aromatic carbocycles. The minimum atomic E-state index is -0.813. The molecular weight excluding hydrogens is 184 g/mol. The number of amides is 1. The van der Waals surface area contributed by atoms with Crippen molar-refractivity contribution in [2.24, 2.45) is 5.73 Å². The van der Waals surface area contributed by atoms with Gasteiger partial charge in [-0.2, -0.15) is 0 Å². The highest BCUT2D eigenvalue weighted by Gasteiger charge is 2.09. The van der Waals surface area contributed by atoms with E-state index < -0.39 is 6.04 Å². The Balaban J connectivity index is 3.23. The van der Waals surface area contributed by atoms with E-state index in [1.54, 1.807) is 0 Å². The molecule has 5 heteroatoms. The van der Waals surface area contributed by atoms with Gasteiger partial charge in [-0.05, 0) is 12.8 Å². The molecule has 4 N–H and O–H groups in total. The lowest BCUT2D eigenvalue weighted by atomic mass is 10.3. The number of rotatable bonds is 8. The first kappa shape index (κ1) is 13.4. The molecule has 14 heavy (non-hydrogen) atoms. The molecule has 0 saturated heterocycles. The summed E-state index contributed by atoms with van der Waals surface area (Å²) in [6.45, 7) is 3.66. The maximum absolute atomic E-state index is 11.0. The van der Waals surface area contributed by atoms with E-state index in [0.717, 1.165) is 19.4 Å². The zero-order chi connectivity index (χ0) is 10.8.